The maximum Gasteiger partial charge on any atom is 0.414 e. The number of carbonyl (C=O) groups excluding carboxylic acids is 3. The van der Waals surface area contributed by atoms with Crippen LogP contribution in [0.3, 0.4) is 0 Å². The van der Waals surface area contributed by atoms with Crippen molar-refractivity contribution in [3.63, 3.8) is 0 Å². The first kappa shape index (κ1) is 26.0. The van der Waals surface area contributed by atoms with Crippen molar-refractivity contribution in [3.05, 3.63) is 24.0 Å². The number of rotatable bonds is 10. The van der Waals surface area contributed by atoms with Crippen molar-refractivity contribution in [1.29, 1.82) is 0 Å². The highest BCUT2D eigenvalue weighted by Gasteiger charge is 2.33. The SMILES string of the molecule is CC(=O)NC[C@H]1CN(c2ccc(N3CCN(C(=O)NCCCCCC(=O)O)CC3)c(F)c2)C(=O)O1. The molecule has 1 aromatic rings. The molecular weight excluding hydrogens is 461 g/mol. The summed E-state index contributed by atoms with van der Waals surface area (Å²) in [4.78, 5) is 50.9. The zero-order chi connectivity index (χ0) is 25.4. The molecule has 0 spiro atoms. The summed E-state index contributed by atoms with van der Waals surface area (Å²) >= 11 is 0. The number of benzene rings is 1. The highest BCUT2D eigenvalue weighted by molar-refractivity contribution is 5.90. The molecule has 11 nitrogen and oxygen atoms in total. The molecule has 2 saturated heterocycles. The van der Waals surface area contributed by atoms with Crippen molar-refractivity contribution in [2.24, 2.45) is 0 Å². The van der Waals surface area contributed by atoms with E-state index in [2.05, 4.69) is 10.6 Å². The molecule has 192 valence electrons. The number of carboxylic acids is 1. The molecule has 2 aliphatic rings. The van der Waals surface area contributed by atoms with Gasteiger partial charge in [-0.25, -0.2) is 14.0 Å². The van der Waals surface area contributed by atoms with Crippen LogP contribution in [-0.2, 0) is 14.3 Å². The molecular formula is C23H32FN5O6. The quantitative estimate of drug-likeness (QED) is 0.423. The van der Waals surface area contributed by atoms with E-state index in [0.29, 0.717) is 50.5 Å². The van der Waals surface area contributed by atoms with Crippen molar-refractivity contribution >= 4 is 35.4 Å². The number of aliphatic carboxylic acids is 1. The van der Waals surface area contributed by atoms with Crippen LogP contribution in [0.15, 0.2) is 18.2 Å². The predicted octanol–water partition coefficient (Wildman–Crippen LogP) is 1.76. The van der Waals surface area contributed by atoms with E-state index in [1.807, 2.05) is 4.90 Å². The Labute approximate surface area is 203 Å². The summed E-state index contributed by atoms with van der Waals surface area (Å²) in [5, 5.41) is 14.1. The zero-order valence-electron chi connectivity index (χ0n) is 19.8. The van der Waals surface area contributed by atoms with Crippen molar-refractivity contribution in [1.82, 2.24) is 15.5 Å². The third-order valence-electron chi connectivity index (χ3n) is 5.95. The summed E-state index contributed by atoms with van der Waals surface area (Å²) in [6.07, 6.45) is 1.09. The molecule has 1 aromatic carbocycles. The summed E-state index contributed by atoms with van der Waals surface area (Å²) in [6, 6.07) is 4.39. The summed E-state index contributed by atoms with van der Waals surface area (Å²) in [5.41, 5.74) is 0.776. The smallest absolute Gasteiger partial charge is 0.414 e. The molecule has 0 bridgehead atoms. The molecule has 0 saturated carbocycles. The van der Waals surface area contributed by atoms with Crippen LogP contribution >= 0.6 is 0 Å². The number of hydrogen-bond acceptors (Lipinski definition) is 6. The lowest BCUT2D eigenvalue weighted by molar-refractivity contribution is -0.137. The van der Waals surface area contributed by atoms with Crippen LogP contribution in [0.1, 0.15) is 32.6 Å². The van der Waals surface area contributed by atoms with Crippen LogP contribution < -0.4 is 20.4 Å². The largest absolute Gasteiger partial charge is 0.481 e. The van der Waals surface area contributed by atoms with Crippen LogP contribution in [0.5, 0.6) is 0 Å². The lowest BCUT2D eigenvalue weighted by Gasteiger charge is -2.36. The minimum absolute atomic E-state index is 0.134. The minimum Gasteiger partial charge on any atom is -0.481 e. The maximum absolute atomic E-state index is 14.9. The third kappa shape index (κ3) is 7.46. The molecule has 35 heavy (non-hydrogen) atoms. The molecule has 0 radical (unpaired) electrons. The fourth-order valence-corrected chi connectivity index (χ4v) is 4.05. The van der Waals surface area contributed by atoms with E-state index >= 15 is 0 Å². The maximum atomic E-state index is 14.9. The van der Waals surface area contributed by atoms with Crippen LogP contribution in [0.2, 0.25) is 0 Å². The summed E-state index contributed by atoms with van der Waals surface area (Å²) < 4.78 is 20.2. The van der Waals surface area contributed by atoms with Gasteiger partial charge in [0, 0.05) is 46.1 Å². The van der Waals surface area contributed by atoms with Gasteiger partial charge in [0.05, 0.1) is 24.5 Å². The molecule has 2 aliphatic heterocycles. The van der Waals surface area contributed by atoms with E-state index in [4.69, 9.17) is 9.84 Å². The molecule has 3 rings (SSSR count). The number of carbonyl (C=O) groups is 4. The van der Waals surface area contributed by atoms with Crippen LogP contribution in [-0.4, -0.2) is 85.9 Å². The van der Waals surface area contributed by atoms with Gasteiger partial charge < -0.3 is 30.3 Å². The van der Waals surface area contributed by atoms with Gasteiger partial charge in [-0.05, 0) is 31.0 Å². The van der Waals surface area contributed by atoms with Crippen LogP contribution in [0.4, 0.5) is 25.4 Å². The molecule has 12 heteroatoms. The predicted molar refractivity (Wildman–Crippen MR) is 126 cm³/mol. The number of nitrogens with one attached hydrogen (secondary N) is 2. The van der Waals surface area contributed by atoms with Crippen LogP contribution in [0.25, 0.3) is 0 Å². The van der Waals surface area contributed by atoms with Gasteiger partial charge in [-0.1, -0.05) is 6.42 Å². The van der Waals surface area contributed by atoms with E-state index < -0.39 is 24.0 Å². The average Bonchev–Trinajstić information content (AvgIpc) is 3.20. The third-order valence-corrected chi connectivity index (χ3v) is 5.95. The number of piperazine rings is 1. The molecule has 4 amide bonds. The first-order chi connectivity index (χ1) is 16.7. The van der Waals surface area contributed by atoms with Crippen molar-refractivity contribution < 1.29 is 33.4 Å². The van der Waals surface area contributed by atoms with Gasteiger partial charge in [0.2, 0.25) is 5.91 Å². The number of amides is 4. The average molecular weight is 494 g/mol. The van der Waals surface area contributed by atoms with Crippen molar-refractivity contribution in [3.8, 4) is 0 Å². The Kier molecular flexibility index (Phi) is 9.10. The van der Waals surface area contributed by atoms with E-state index in [9.17, 15) is 23.6 Å². The van der Waals surface area contributed by atoms with Crippen molar-refractivity contribution in [2.75, 3.05) is 55.6 Å². The second-order valence-electron chi connectivity index (χ2n) is 8.60. The molecule has 2 heterocycles. The van der Waals surface area contributed by atoms with E-state index in [0.717, 1.165) is 12.8 Å². The highest BCUT2D eigenvalue weighted by Crippen LogP contribution is 2.28. The summed E-state index contributed by atoms with van der Waals surface area (Å²) in [5.74, 6) is -1.51. The highest BCUT2D eigenvalue weighted by atomic mass is 19.1. The lowest BCUT2D eigenvalue weighted by Crippen LogP contribution is -2.52. The van der Waals surface area contributed by atoms with Crippen LogP contribution in [0, 0.1) is 5.82 Å². The molecule has 3 N–H and O–H groups in total. The number of anilines is 2. The first-order valence-electron chi connectivity index (χ1n) is 11.8. The fraction of sp³-hybridized carbons (Fsp3) is 0.565. The topological polar surface area (TPSA) is 132 Å². The Morgan fingerprint density at radius 3 is 2.51 bits per heavy atom. The van der Waals surface area contributed by atoms with E-state index in [1.54, 1.807) is 17.0 Å². The van der Waals surface area contributed by atoms with Gasteiger partial charge >= 0.3 is 18.1 Å². The second-order valence-corrected chi connectivity index (χ2v) is 8.60. The van der Waals surface area contributed by atoms with Crippen molar-refractivity contribution in [2.45, 2.75) is 38.7 Å². The monoisotopic (exact) mass is 493 g/mol. The number of hydrogen-bond donors (Lipinski definition) is 3. The van der Waals surface area contributed by atoms with E-state index in [1.165, 1.54) is 17.9 Å². The fourth-order valence-electron chi connectivity index (χ4n) is 4.05. The molecule has 0 aromatic heterocycles. The van der Waals surface area contributed by atoms with Gasteiger partial charge in [-0.3, -0.25) is 14.5 Å². The number of urea groups is 1. The first-order valence-corrected chi connectivity index (χ1v) is 11.8. The Balaban J connectivity index is 1.45. The Hall–Kier alpha value is -3.57. The normalized spacial score (nSPS) is 17.8. The van der Waals surface area contributed by atoms with Gasteiger partial charge in [0.1, 0.15) is 11.9 Å². The second kappa shape index (κ2) is 12.2. The number of unbranched alkanes of at least 4 members (excludes halogenated alkanes) is 2. The number of nitrogens with zero attached hydrogens (tertiary/aromatic N) is 3. The molecule has 1 atom stereocenters. The van der Waals surface area contributed by atoms with Gasteiger partial charge in [-0.15, -0.1) is 0 Å². The summed E-state index contributed by atoms with van der Waals surface area (Å²) in [6.45, 7) is 4.08. The zero-order valence-corrected chi connectivity index (χ0v) is 19.8. The van der Waals surface area contributed by atoms with Gasteiger partial charge in [0.15, 0.2) is 0 Å². The number of carboxylic acid groups (broad SMARTS) is 1. The summed E-state index contributed by atoms with van der Waals surface area (Å²) in [7, 11) is 0. The van der Waals surface area contributed by atoms with Gasteiger partial charge in [-0.2, -0.15) is 0 Å². The molecule has 2 fully saturated rings. The Bertz CT molecular complexity index is 937. The molecule has 0 aliphatic carbocycles. The Morgan fingerprint density at radius 2 is 1.86 bits per heavy atom. The number of cyclic esters (lactones) is 1. The number of halogens is 1. The lowest BCUT2D eigenvalue weighted by atomic mass is 10.2. The Morgan fingerprint density at radius 1 is 1.11 bits per heavy atom. The standard InChI is InChI=1S/C23H32FN5O6/c1-16(30)26-14-18-15-29(23(34)35-18)17-6-7-20(19(24)13-17)27-9-11-28(12-10-27)22(33)25-8-4-2-3-5-21(31)32/h6-7,13,18H,2-5,8-12,14-15H2,1H3,(H,25,33)(H,26,30)(H,31,32)/t18-/m0/s1. The molecule has 0 unspecified atom stereocenters. The van der Waals surface area contributed by atoms with E-state index in [-0.39, 0.29) is 31.4 Å². The van der Waals surface area contributed by atoms with Gasteiger partial charge in [0.25, 0.3) is 0 Å². The minimum atomic E-state index is -0.816. The number of ether oxygens (including phenoxy) is 1.